The Morgan fingerprint density at radius 3 is 2.68 bits per heavy atom. The molecule has 0 saturated heterocycles. The third kappa shape index (κ3) is 3.04. The van der Waals surface area contributed by atoms with Gasteiger partial charge in [0.1, 0.15) is 0 Å². The third-order valence-corrected chi connectivity index (χ3v) is 3.63. The summed E-state index contributed by atoms with van der Waals surface area (Å²) < 4.78 is 0. The Labute approximate surface area is 114 Å². The van der Waals surface area contributed by atoms with E-state index in [4.69, 9.17) is 5.73 Å². The zero-order chi connectivity index (χ0) is 14.0. The summed E-state index contributed by atoms with van der Waals surface area (Å²) in [5.41, 5.74) is 9.04. The van der Waals surface area contributed by atoms with Crippen LogP contribution in [0, 0.1) is 12.8 Å². The highest BCUT2D eigenvalue weighted by atomic mass is 16.1. The van der Waals surface area contributed by atoms with Crippen LogP contribution in [0.3, 0.4) is 0 Å². The molecule has 1 aromatic rings. The molecule has 1 aromatic carbocycles. The number of hydrogen-bond donors (Lipinski definition) is 2. The van der Waals surface area contributed by atoms with E-state index < -0.39 is 0 Å². The van der Waals surface area contributed by atoms with Crippen LogP contribution in [-0.2, 0) is 4.79 Å². The van der Waals surface area contributed by atoms with Crippen molar-refractivity contribution in [2.75, 3.05) is 5.32 Å². The van der Waals surface area contributed by atoms with Gasteiger partial charge in [-0.2, -0.15) is 0 Å². The van der Waals surface area contributed by atoms with E-state index in [-0.39, 0.29) is 17.9 Å². The number of carbonyl (C=O) groups excluding carboxylic acids is 1. The minimum Gasteiger partial charge on any atom is -0.325 e. The minimum absolute atomic E-state index is 0.0113. The van der Waals surface area contributed by atoms with Crippen LogP contribution in [0.5, 0.6) is 0 Å². The number of nitrogens with one attached hydrogen (secondary N) is 1. The van der Waals surface area contributed by atoms with Gasteiger partial charge in [0.05, 0.1) is 5.92 Å². The second-order valence-corrected chi connectivity index (χ2v) is 5.57. The molecule has 3 nitrogen and oxygen atoms in total. The molecule has 2 atom stereocenters. The van der Waals surface area contributed by atoms with Crippen molar-refractivity contribution in [3.8, 4) is 0 Å². The fraction of sp³-hybridized carbons (Fsp3) is 0.438. The summed E-state index contributed by atoms with van der Waals surface area (Å²) in [6, 6.07) is 6.14. The molecular formula is C16H22N2O. The number of para-hydroxylation sites is 1. The van der Waals surface area contributed by atoms with Crippen LogP contribution in [0.4, 0.5) is 5.69 Å². The minimum atomic E-state index is -0.102. The zero-order valence-corrected chi connectivity index (χ0v) is 11.8. The average Bonchev–Trinajstić information content (AvgIpc) is 2.78. The summed E-state index contributed by atoms with van der Waals surface area (Å²) >= 11 is 0. The molecule has 0 spiro atoms. The van der Waals surface area contributed by atoms with Crippen molar-refractivity contribution >= 4 is 11.6 Å². The Balaban J connectivity index is 2.19. The number of amides is 1. The first-order valence-corrected chi connectivity index (χ1v) is 6.83. The van der Waals surface area contributed by atoms with Crippen molar-refractivity contribution in [2.45, 2.75) is 39.2 Å². The molecular weight excluding hydrogens is 236 g/mol. The van der Waals surface area contributed by atoms with Gasteiger partial charge in [-0.25, -0.2) is 0 Å². The normalized spacial score (nSPS) is 21.9. The molecule has 0 fully saturated rings. The molecule has 0 aromatic heterocycles. The Hall–Kier alpha value is -1.61. The van der Waals surface area contributed by atoms with E-state index in [1.165, 1.54) is 5.56 Å². The van der Waals surface area contributed by atoms with Crippen LogP contribution < -0.4 is 11.1 Å². The zero-order valence-electron chi connectivity index (χ0n) is 11.8. The quantitative estimate of drug-likeness (QED) is 0.819. The number of hydrogen-bond acceptors (Lipinski definition) is 2. The van der Waals surface area contributed by atoms with E-state index in [2.05, 4.69) is 25.2 Å². The lowest BCUT2D eigenvalue weighted by atomic mass is 9.97. The van der Waals surface area contributed by atoms with Gasteiger partial charge < -0.3 is 11.1 Å². The van der Waals surface area contributed by atoms with Gasteiger partial charge in [0.2, 0.25) is 5.91 Å². The average molecular weight is 258 g/mol. The summed E-state index contributed by atoms with van der Waals surface area (Å²) in [5.74, 6) is 0.326. The first kappa shape index (κ1) is 13.8. The van der Waals surface area contributed by atoms with Gasteiger partial charge in [0.15, 0.2) is 0 Å². The Morgan fingerprint density at radius 2 is 2.11 bits per heavy atom. The molecule has 1 aliphatic carbocycles. The topological polar surface area (TPSA) is 55.1 Å². The van der Waals surface area contributed by atoms with Crippen LogP contribution in [0.1, 0.15) is 37.3 Å². The second kappa shape index (κ2) is 5.57. The Morgan fingerprint density at radius 1 is 1.37 bits per heavy atom. The molecule has 0 bridgehead atoms. The fourth-order valence-corrected chi connectivity index (χ4v) is 2.48. The molecule has 0 radical (unpaired) electrons. The largest absolute Gasteiger partial charge is 0.325 e. The third-order valence-electron chi connectivity index (χ3n) is 3.63. The summed E-state index contributed by atoms with van der Waals surface area (Å²) in [6.45, 7) is 6.29. The van der Waals surface area contributed by atoms with E-state index in [9.17, 15) is 4.79 Å². The molecule has 1 aliphatic rings. The first-order valence-electron chi connectivity index (χ1n) is 6.83. The molecule has 19 heavy (non-hydrogen) atoms. The number of carbonyl (C=O) groups is 1. The van der Waals surface area contributed by atoms with Gasteiger partial charge in [-0.05, 0) is 30.4 Å². The summed E-state index contributed by atoms with van der Waals surface area (Å²) in [7, 11) is 0. The monoisotopic (exact) mass is 258 g/mol. The van der Waals surface area contributed by atoms with E-state index in [0.717, 1.165) is 11.3 Å². The predicted octanol–water partition coefficient (Wildman–Crippen LogP) is 2.96. The SMILES string of the molecule is Cc1cccc(C(C)C)c1NC(=O)C1C=CC(N)C1. The lowest BCUT2D eigenvalue weighted by molar-refractivity contribution is -0.118. The van der Waals surface area contributed by atoms with E-state index >= 15 is 0 Å². The molecule has 2 unspecified atom stereocenters. The van der Waals surface area contributed by atoms with Gasteiger partial charge in [0.25, 0.3) is 0 Å². The van der Waals surface area contributed by atoms with Crippen LogP contribution >= 0.6 is 0 Å². The maximum Gasteiger partial charge on any atom is 0.231 e. The van der Waals surface area contributed by atoms with Gasteiger partial charge in [0, 0.05) is 11.7 Å². The van der Waals surface area contributed by atoms with Crippen LogP contribution in [0.25, 0.3) is 0 Å². The van der Waals surface area contributed by atoms with Crippen LogP contribution in [0.15, 0.2) is 30.4 Å². The van der Waals surface area contributed by atoms with Crippen molar-refractivity contribution in [2.24, 2.45) is 11.7 Å². The highest BCUT2D eigenvalue weighted by molar-refractivity contribution is 5.95. The number of rotatable bonds is 3. The van der Waals surface area contributed by atoms with Crippen molar-refractivity contribution in [1.29, 1.82) is 0 Å². The first-order chi connectivity index (χ1) is 8.99. The molecule has 0 saturated carbocycles. The fourth-order valence-electron chi connectivity index (χ4n) is 2.48. The highest BCUT2D eigenvalue weighted by Gasteiger charge is 2.23. The maximum atomic E-state index is 12.3. The molecule has 3 heteroatoms. The Kier molecular flexibility index (Phi) is 4.05. The van der Waals surface area contributed by atoms with E-state index in [1.54, 1.807) is 0 Å². The van der Waals surface area contributed by atoms with Crippen LogP contribution in [-0.4, -0.2) is 11.9 Å². The van der Waals surface area contributed by atoms with Gasteiger partial charge in [-0.1, -0.05) is 44.2 Å². The Bertz CT molecular complexity index is 505. The number of anilines is 1. The van der Waals surface area contributed by atoms with Crippen LogP contribution in [0.2, 0.25) is 0 Å². The summed E-state index contributed by atoms with van der Waals surface area (Å²) in [4.78, 5) is 12.3. The van der Waals surface area contributed by atoms with Gasteiger partial charge >= 0.3 is 0 Å². The smallest absolute Gasteiger partial charge is 0.231 e. The highest BCUT2D eigenvalue weighted by Crippen LogP contribution is 2.28. The standard InChI is InChI=1S/C16H22N2O/c1-10(2)14-6-4-5-11(3)15(14)18-16(19)12-7-8-13(17)9-12/h4-8,10,12-13H,9,17H2,1-3H3,(H,18,19). The molecule has 2 rings (SSSR count). The van der Waals surface area contributed by atoms with Crippen molar-refractivity contribution < 1.29 is 4.79 Å². The van der Waals surface area contributed by atoms with Gasteiger partial charge in [-0.15, -0.1) is 0 Å². The lowest BCUT2D eigenvalue weighted by Crippen LogP contribution is -2.24. The maximum absolute atomic E-state index is 12.3. The van der Waals surface area contributed by atoms with Crippen molar-refractivity contribution in [1.82, 2.24) is 0 Å². The molecule has 3 N–H and O–H groups in total. The van der Waals surface area contributed by atoms with Crippen molar-refractivity contribution in [3.05, 3.63) is 41.5 Å². The second-order valence-electron chi connectivity index (χ2n) is 5.57. The van der Waals surface area contributed by atoms with E-state index in [0.29, 0.717) is 12.3 Å². The number of aryl methyl sites for hydroxylation is 1. The molecule has 102 valence electrons. The molecule has 0 heterocycles. The molecule has 1 amide bonds. The van der Waals surface area contributed by atoms with E-state index in [1.807, 2.05) is 31.2 Å². The summed E-state index contributed by atoms with van der Waals surface area (Å²) in [6.07, 6.45) is 4.52. The van der Waals surface area contributed by atoms with Crippen molar-refractivity contribution in [3.63, 3.8) is 0 Å². The lowest BCUT2D eigenvalue weighted by Gasteiger charge is -2.18. The number of nitrogens with two attached hydrogens (primary N) is 1. The molecule has 0 aliphatic heterocycles. The summed E-state index contributed by atoms with van der Waals surface area (Å²) in [5, 5.41) is 3.08. The predicted molar refractivity (Wildman–Crippen MR) is 79.1 cm³/mol. The number of benzene rings is 1. The van der Waals surface area contributed by atoms with Gasteiger partial charge in [-0.3, -0.25) is 4.79 Å².